The van der Waals surface area contributed by atoms with Gasteiger partial charge in [-0.25, -0.2) is 0 Å². The van der Waals surface area contributed by atoms with E-state index < -0.39 is 0 Å². The van der Waals surface area contributed by atoms with Crippen molar-refractivity contribution in [3.8, 4) is 12.1 Å². The lowest BCUT2D eigenvalue weighted by Gasteiger charge is -1.99. The summed E-state index contributed by atoms with van der Waals surface area (Å²) in [6, 6.07) is 20.9. The Morgan fingerprint density at radius 2 is 1.56 bits per heavy atom. The van der Waals surface area contributed by atoms with Gasteiger partial charge in [-0.2, -0.15) is 10.5 Å². The van der Waals surface area contributed by atoms with Gasteiger partial charge in [0.15, 0.2) is 0 Å². The molecule has 0 saturated heterocycles. The van der Waals surface area contributed by atoms with Crippen molar-refractivity contribution >= 4 is 11.6 Å². The fraction of sp³-hybridized carbons (Fsp3) is 0. The van der Waals surface area contributed by atoms with Crippen molar-refractivity contribution in [1.82, 2.24) is 0 Å². The Hall–Kier alpha value is -2.84. The van der Waals surface area contributed by atoms with Gasteiger partial charge >= 0.3 is 0 Å². The molecule has 0 atom stereocenters. The molecular formula is C16H10N2. The van der Waals surface area contributed by atoms with Crippen molar-refractivity contribution < 1.29 is 0 Å². The summed E-state index contributed by atoms with van der Waals surface area (Å²) in [6.07, 6.45) is 1.83. The van der Waals surface area contributed by atoms with Crippen molar-refractivity contribution in [3.05, 3.63) is 71.3 Å². The highest BCUT2D eigenvalue weighted by Crippen LogP contribution is 2.18. The second-order valence-corrected chi connectivity index (χ2v) is 3.77. The zero-order chi connectivity index (χ0) is 12.8. The van der Waals surface area contributed by atoms with Gasteiger partial charge in [-0.1, -0.05) is 42.5 Å². The Balaban J connectivity index is 2.38. The number of nitrogens with zero attached hydrogens (tertiary/aromatic N) is 2. The van der Waals surface area contributed by atoms with Crippen molar-refractivity contribution in [3.63, 3.8) is 0 Å². The Kier molecular flexibility index (Phi) is 3.54. The number of rotatable bonds is 2. The van der Waals surface area contributed by atoms with E-state index >= 15 is 0 Å². The molecule has 84 valence electrons. The van der Waals surface area contributed by atoms with Gasteiger partial charge in [0.1, 0.15) is 0 Å². The summed E-state index contributed by atoms with van der Waals surface area (Å²) >= 11 is 0. The van der Waals surface area contributed by atoms with E-state index in [0.717, 1.165) is 11.1 Å². The van der Waals surface area contributed by atoms with Gasteiger partial charge in [0.05, 0.1) is 23.3 Å². The molecule has 0 radical (unpaired) electrons. The molecule has 0 spiro atoms. The maximum Gasteiger partial charge on any atom is 0.0998 e. The van der Waals surface area contributed by atoms with Crippen LogP contribution in [0.2, 0.25) is 0 Å². The van der Waals surface area contributed by atoms with Gasteiger partial charge < -0.3 is 0 Å². The molecular weight excluding hydrogens is 220 g/mol. The Bertz CT molecular complexity index is 638. The van der Waals surface area contributed by atoms with Crippen LogP contribution in [0, 0.1) is 22.7 Å². The van der Waals surface area contributed by atoms with Gasteiger partial charge in [-0.05, 0) is 29.3 Å². The minimum absolute atomic E-state index is 0.589. The van der Waals surface area contributed by atoms with Gasteiger partial charge in [0, 0.05) is 0 Å². The third-order valence-electron chi connectivity index (χ3n) is 2.56. The molecule has 0 amide bonds. The zero-order valence-electron chi connectivity index (χ0n) is 9.67. The summed E-state index contributed by atoms with van der Waals surface area (Å²) in [6.45, 7) is 0. The third kappa shape index (κ3) is 2.64. The van der Waals surface area contributed by atoms with Crippen molar-refractivity contribution in [1.29, 1.82) is 10.5 Å². The van der Waals surface area contributed by atoms with Crippen LogP contribution in [0.5, 0.6) is 0 Å². The molecule has 0 aromatic heterocycles. The Morgan fingerprint density at radius 1 is 0.889 bits per heavy atom. The van der Waals surface area contributed by atoms with E-state index in [0.29, 0.717) is 11.1 Å². The molecule has 0 aliphatic heterocycles. The Morgan fingerprint density at radius 3 is 2.11 bits per heavy atom. The van der Waals surface area contributed by atoms with Gasteiger partial charge in [0.2, 0.25) is 0 Å². The largest absolute Gasteiger partial charge is 0.192 e. The molecule has 0 bridgehead atoms. The van der Waals surface area contributed by atoms with Crippen molar-refractivity contribution in [2.45, 2.75) is 0 Å². The van der Waals surface area contributed by atoms with E-state index in [2.05, 4.69) is 12.1 Å². The SMILES string of the molecule is N#C/C(=C\c1ccccc1)c1ccc(C#N)cc1. The molecule has 2 heteroatoms. The fourth-order valence-electron chi connectivity index (χ4n) is 1.62. The van der Waals surface area contributed by atoms with Crippen molar-refractivity contribution in [2.75, 3.05) is 0 Å². The van der Waals surface area contributed by atoms with E-state index in [1.54, 1.807) is 24.3 Å². The normalized spacial score (nSPS) is 10.4. The number of hydrogen-bond donors (Lipinski definition) is 0. The molecule has 2 aromatic rings. The quantitative estimate of drug-likeness (QED) is 0.584. The molecule has 0 aliphatic carbocycles. The highest BCUT2D eigenvalue weighted by atomic mass is 14.3. The van der Waals surface area contributed by atoms with Crippen LogP contribution < -0.4 is 0 Å². The first-order chi connectivity index (χ1) is 8.83. The predicted molar refractivity (Wildman–Crippen MR) is 71.1 cm³/mol. The van der Waals surface area contributed by atoms with E-state index in [1.807, 2.05) is 36.4 Å². The lowest BCUT2D eigenvalue weighted by Crippen LogP contribution is -1.83. The number of nitriles is 2. The first kappa shape index (κ1) is 11.6. The van der Waals surface area contributed by atoms with Gasteiger partial charge in [-0.15, -0.1) is 0 Å². The second kappa shape index (κ2) is 5.48. The summed E-state index contributed by atoms with van der Waals surface area (Å²) < 4.78 is 0. The lowest BCUT2D eigenvalue weighted by atomic mass is 10.0. The average molecular weight is 230 g/mol. The van der Waals surface area contributed by atoms with E-state index in [9.17, 15) is 5.26 Å². The van der Waals surface area contributed by atoms with E-state index in [1.165, 1.54) is 0 Å². The van der Waals surface area contributed by atoms with Gasteiger partial charge in [-0.3, -0.25) is 0 Å². The van der Waals surface area contributed by atoms with Crippen LogP contribution in [0.1, 0.15) is 16.7 Å². The first-order valence-electron chi connectivity index (χ1n) is 5.51. The van der Waals surface area contributed by atoms with Crippen LogP contribution in [-0.4, -0.2) is 0 Å². The molecule has 0 N–H and O–H groups in total. The fourth-order valence-corrected chi connectivity index (χ4v) is 1.62. The van der Waals surface area contributed by atoms with Crippen LogP contribution in [0.4, 0.5) is 0 Å². The molecule has 0 saturated carbocycles. The topological polar surface area (TPSA) is 47.6 Å². The van der Waals surface area contributed by atoms with Crippen LogP contribution in [-0.2, 0) is 0 Å². The molecule has 0 aliphatic rings. The van der Waals surface area contributed by atoms with Crippen LogP contribution in [0.3, 0.4) is 0 Å². The molecule has 0 fully saturated rings. The molecule has 18 heavy (non-hydrogen) atoms. The summed E-state index contributed by atoms with van der Waals surface area (Å²) in [5, 5.41) is 17.9. The molecule has 0 unspecified atom stereocenters. The average Bonchev–Trinajstić information content (AvgIpc) is 2.46. The van der Waals surface area contributed by atoms with Crippen LogP contribution >= 0.6 is 0 Å². The van der Waals surface area contributed by atoms with Gasteiger partial charge in [0.25, 0.3) is 0 Å². The molecule has 2 rings (SSSR count). The highest BCUT2D eigenvalue weighted by molar-refractivity contribution is 5.89. The summed E-state index contributed by atoms with van der Waals surface area (Å²) in [5.74, 6) is 0. The number of benzene rings is 2. The maximum atomic E-state index is 9.18. The number of hydrogen-bond acceptors (Lipinski definition) is 2. The number of allylic oxidation sites excluding steroid dienone is 1. The second-order valence-electron chi connectivity index (χ2n) is 3.77. The highest BCUT2D eigenvalue weighted by Gasteiger charge is 2.01. The van der Waals surface area contributed by atoms with E-state index in [-0.39, 0.29) is 0 Å². The first-order valence-corrected chi connectivity index (χ1v) is 5.51. The smallest absolute Gasteiger partial charge is 0.0998 e. The monoisotopic (exact) mass is 230 g/mol. The lowest BCUT2D eigenvalue weighted by molar-refractivity contribution is 1.47. The van der Waals surface area contributed by atoms with E-state index in [4.69, 9.17) is 5.26 Å². The Labute approximate surface area is 106 Å². The third-order valence-corrected chi connectivity index (χ3v) is 2.56. The minimum atomic E-state index is 0.589. The molecule has 2 aromatic carbocycles. The van der Waals surface area contributed by atoms with Crippen molar-refractivity contribution in [2.24, 2.45) is 0 Å². The predicted octanol–water partition coefficient (Wildman–Crippen LogP) is 3.62. The maximum absolute atomic E-state index is 9.18. The summed E-state index contributed by atoms with van der Waals surface area (Å²) in [5.41, 5.74) is 2.99. The molecule has 0 heterocycles. The minimum Gasteiger partial charge on any atom is -0.192 e. The molecule has 2 nitrogen and oxygen atoms in total. The standard InChI is InChI=1S/C16H10N2/c17-11-14-6-8-15(9-7-14)16(12-18)10-13-4-2-1-3-5-13/h1-10H/b16-10+. The van der Waals surface area contributed by atoms with Crippen LogP contribution in [0.25, 0.3) is 11.6 Å². The summed E-state index contributed by atoms with van der Waals surface area (Å²) in [4.78, 5) is 0. The zero-order valence-corrected chi connectivity index (χ0v) is 9.67. The van der Waals surface area contributed by atoms with Crippen LogP contribution in [0.15, 0.2) is 54.6 Å². The summed E-state index contributed by atoms with van der Waals surface area (Å²) in [7, 11) is 0.